The fraction of sp³-hybridized carbons (Fsp3) is 0.556. The van der Waals surface area contributed by atoms with E-state index in [1.165, 1.54) is 0 Å². The molecule has 0 aromatic carbocycles. The van der Waals surface area contributed by atoms with Gasteiger partial charge < -0.3 is 4.98 Å². The SMILES string of the molecule is CCCCCC(=O)c1ncc[nH]1. The molecule has 0 radical (unpaired) electrons. The lowest BCUT2D eigenvalue weighted by molar-refractivity contribution is 0.0970. The van der Waals surface area contributed by atoms with Gasteiger partial charge in [-0.1, -0.05) is 19.8 Å². The molecular weight excluding hydrogens is 152 g/mol. The Bertz CT molecular complexity index is 229. The van der Waals surface area contributed by atoms with Crippen molar-refractivity contribution in [3.63, 3.8) is 0 Å². The fourth-order valence-electron chi connectivity index (χ4n) is 1.07. The zero-order valence-electron chi connectivity index (χ0n) is 7.34. The second-order valence-corrected chi connectivity index (χ2v) is 2.82. The standard InChI is InChI=1S/C9H14N2O/c1-2-3-4-5-8(12)9-10-6-7-11-9/h6-7H,2-5H2,1H3,(H,10,11). The highest BCUT2D eigenvalue weighted by Gasteiger charge is 2.05. The van der Waals surface area contributed by atoms with E-state index >= 15 is 0 Å². The van der Waals surface area contributed by atoms with E-state index in [4.69, 9.17) is 0 Å². The lowest BCUT2D eigenvalue weighted by Gasteiger charge is -1.95. The first-order valence-electron chi connectivity index (χ1n) is 4.37. The molecule has 0 aliphatic heterocycles. The molecule has 0 unspecified atom stereocenters. The van der Waals surface area contributed by atoms with Gasteiger partial charge in [-0.3, -0.25) is 4.79 Å². The van der Waals surface area contributed by atoms with Crippen LogP contribution in [0.5, 0.6) is 0 Å². The number of rotatable bonds is 5. The predicted molar refractivity (Wildman–Crippen MR) is 47.1 cm³/mol. The Labute approximate surface area is 72.2 Å². The molecule has 1 rings (SSSR count). The molecule has 0 aliphatic rings. The van der Waals surface area contributed by atoms with E-state index < -0.39 is 0 Å². The van der Waals surface area contributed by atoms with Crippen molar-refractivity contribution in [1.82, 2.24) is 9.97 Å². The van der Waals surface area contributed by atoms with Gasteiger partial charge in [-0.25, -0.2) is 4.98 Å². The molecule has 1 aromatic heterocycles. The van der Waals surface area contributed by atoms with Crippen LogP contribution in [0.15, 0.2) is 12.4 Å². The maximum absolute atomic E-state index is 11.3. The zero-order valence-corrected chi connectivity index (χ0v) is 7.34. The van der Waals surface area contributed by atoms with E-state index in [2.05, 4.69) is 16.9 Å². The number of carbonyl (C=O) groups excluding carboxylic acids is 1. The van der Waals surface area contributed by atoms with Gasteiger partial charge in [0.15, 0.2) is 11.6 Å². The number of hydrogen-bond donors (Lipinski definition) is 1. The third-order valence-corrected chi connectivity index (χ3v) is 1.77. The molecule has 1 heterocycles. The number of Topliss-reactive ketones (excluding diaryl/α,β-unsaturated/α-hetero) is 1. The quantitative estimate of drug-likeness (QED) is 0.538. The van der Waals surface area contributed by atoms with Crippen LogP contribution in [0.3, 0.4) is 0 Å². The van der Waals surface area contributed by atoms with Crippen LogP contribution in [-0.4, -0.2) is 15.8 Å². The number of nitrogens with zero attached hydrogens (tertiary/aromatic N) is 1. The van der Waals surface area contributed by atoms with E-state index in [0.717, 1.165) is 19.3 Å². The van der Waals surface area contributed by atoms with Gasteiger partial charge in [-0.05, 0) is 6.42 Å². The van der Waals surface area contributed by atoms with Crippen LogP contribution in [0.4, 0.5) is 0 Å². The smallest absolute Gasteiger partial charge is 0.198 e. The number of unbranched alkanes of at least 4 members (excludes halogenated alkanes) is 2. The molecule has 1 aromatic rings. The Kier molecular flexibility index (Phi) is 3.51. The van der Waals surface area contributed by atoms with Gasteiger partial charge in [0.05, 0.1) is 0 Å². The summed E-state index contributed by atoms with van der Waals surface area (Å²) in [7, 11) is 0. The number of H-pyrrole nitrogens is 1. The van der Waals surface area contributed by atoms with Crippen LogP contribution in [0.25, 0.3) is 0 Å². The summed E-state index contributed by atoms with van der Waals surface area (Å²) in [6.07, 6.45) is 7.12. The number of carbonyl (C=O) groups is 1. The Balaban J connectivity index is 2.30. The molecule has 66 valence electrons. The molecule has 3 heteroatoms. The number of aromatic amines is 1. The van der Waals surface area contributed by atoms with Crippen molar-refractivity contribution in [2.45, 2.75) is 32.6 Å². The minimum atomic E-state index is 0.119. The van der Waals surface area contributed by atoms with Crippen molar-refractivity contribution in [3.05, 3.63) is 18.2 Å². The maximum atomic E-state index is 11.3. The molecule has 0 saturated heterocycles. The Morgan fingerprint density at radius 1 is 1.58 bits per heavy atom. The second kappa shape index (κ2) is 4.70. The van der Waals surface area contributed by atoms with Gasteiger partial charge >= 0.3 is 0 Å². The van der Waals surface area contributed by atoms with Crippen LogP contribution in [0.1, 0.15) is 43.2 Å². The van der Waals surface area contributed by atoms with Crippen molar-refractivity contribution < 1.29 is 4.79 Å². The number of hydrogen-bond acceptors (Lipinski definition) is 2. The normalized spacial score (nSPS) is 10.1. The van der Waals surface area contributed by atoms with E-state index in [-0.39, 0.29) is 5.78 Å². The second-order valence-electron chi connectivity index (χ2n) is 2.82. The van der Waals surface area contributed by atoms with Gasteiger partial charge in [-0.2, -0.15) is 0 Å². The molecule has 3 nitrogen and oxygen atoms in total. The monoisotopic (exact) mass is 166 g/mol. The summed E-state index contributed by atoms with van der Waals surface area (Å²) in [5.41, 5.74) is 0. The van der Waals surface area contributed by atoms with Gasteiger partial charge in [0.2, 0.25) is 0 Å². The van der Waals surface area contributed by atoms with Crippen molar-refractivity contribution in [2.24, 2.45) is 0 Å². The molecule has 0 spiro atoms. The van der Waals surface area contributed by atoms with Crippen LogP contribution in [0, 0.1) is 0 Å². The van der Waals surface area contributed by atoms with Crippen molar-refractivity contribution in [2.75, 3.05) is 0 Å². The highest BCUT2D eigenvalue weighted by atomic mass is 16.1. The average molecular weight is 166 g/mol. The molecule has 0 amide bonds. The molecule has 0 atom stereocenters. The molecule has 0 aliphatic carbocycles. The number of imidazole rings is 1. The first-order chi connectivity index (χ1) is 5.84. The van der Waals surface area contributed by atoms with Crippen molar-refractivity contribution in [1.29, 1.82) is 0 Å². The third kappa shape index (κ3) is 2.49. The molecular formula is C9H14N2O. The Morgan fingerprint density at radius 3 is 3.00 bits per heavy atom. The van der Waals surface area contributed by atoms with Crippen LogP contribution in [-0.2, 0) is 0 Å². The maximum Gasteiger partial charge on any atom is 0.198 e. The number of aromatic nitrogens is 2. The summed E-state index contributed by atoms with van der Waals surface area (Å²) in [5, 5.41) is 0. The summed E-state index contributed by atoms with van der Waals surface area (Å²) in [5.74, 6) is 0.611. The molecule has 0 bridgehead atoms. The van der Waals surface area contributed by atoms with E-state index in [0.29, 0.717) is 12.2 Å². The summed E-state index contributed by atoms with van der Waals surface area (Å²) in [6, 6.07) is 0. The van der Waals surface area contributed by atoms with E-state index in [1.54, 1.807) is 12.4 Å². The topological polar surface area (TPSA) is 45.8 Å². The van der Waals surface area contributed by atoms with Gasteiger partial charge in [-0.15, -0.1) is 0 Å². The van der Waals surface area contributed by atoms with Crippen molar-refractivity contribution >= 4 is 5.78 Å². The zero-order chi connectivity index (χ0) is 8.81. The average Bonchev–Trinajstić information content (AvgIpc) is 2.56. The van der Waals surface area contributed by atoms with Crippen molar-refractivity contribution in [3.8, 4) is 0 Å². The van der Waals surface area contributed by atoms with Gasteiger partial charge in [0.1, 0.15) is 0 Å². The first kappa shape index (κ1) is 8.97. The summed E-state index contributed by atoms with van der Waals surface area (Å²) in [6.45, 7) is 2.12. The van der Waals surface area contributed by atoms with E-state index in [1.807, 2.05) is 0 Å². The number of nitrogens with one attached hydrogen (secondary N) is 1. The van der Waals surface area contributed by atoms with E-state index in [9.17, 15) is 4.79 Å². The minimum Gasteiger partial charge on any atom is -0.342 e. The highest BCUT2D eigenvalue weighted by molar-refractivity contribution is 5.92. The Morgan fingerprint density at radius 2 is 2.42 bits per heavy atom. The summed E-state index contributed by atoms with van der Waals surface area (Å²) >= 11 is 0. The third-order valence-electron chi connectivity index (χ3n) is 1.77. The van der Waals surface area contributed by atoms with Crippen LogP contribution < -0.4 is 0 Å². The largest absolute Gasteiger partial charge is 0.342 e. The lowest BCUT2D eigenvalue weighted by Crippen LogP contribution is -2.00. The summed E-state index contributed by atoms with van der Waals surface area (Å²) in [4.78, 5) is 18.0. The highest BCUT2D eigenvalue weighted by Crippen LogP contribution is 2.03. The predicted octanol–water partition coefficient (Wildman–Crippen LogP) is 2.17. The summed E-state index contributed by atoms with van der Waals surface area (Å²) < 4.78 is 0. The van der Waals surface area contributed by atoms with Gasteiger partial charge in [0, 0.05) is 18.8 Å². The first-order valence-corrected chi connectivity index (χ1v) is 4.37. The molecule has 12 heavy (non-hydrogen) atoms. The van der Waals surface area contributed by atoms with Gasteiger partial charge in [0.25, 0.3) is 0 Å². The van der Waals surface area contributed by atoms with Crippen LogP contribution in [0.2, 0.25) is 0 Å². The van der Waals surface area contributed by atoms with Crippen LogP contribution >= 0.6 is 0 Å². The molecule has 0 saturated carbocycles. The Hall–Kier alpha value is -1.12. The number of ketones is 1. The lowest BCUT2D eigenvalue weighted by atomic mass is 10.1. The fourth-order valence-corrected chi connectivity index (χ4v) is 1.07. The molecule has 1 N–H and O–H groups in total. The minimum absolute atomic E-state index is 0.119. The molecule has 0 fully saturated rings.